The summed E-state index contributed by atoms with van der Waals surface area (Å²) in [5, 5.41) is 2.87. The number of hydrogen-bond donors (Lipinski definition) is 1. The third-order valence-electron chi connectivity index (χ3n) is 4.35. The topological polar surface area (TPSA) is 58.6 Å². The largest absolute Gasteiger partial charge is 0.497 e. The summed E-state index contributed by atoms with van der Waals surface area (Å²) < 4.78 is 5.12. The molecule has 2 atom stereocenters. The van der Waals surface area contributed by atoms with E-state index in [-0.39, 0.29) is 17.9 Å². The first kappa shape index (κ1) is 13.9. The number of ether oxygens (including phenoxy) is 1. The molecule has 2 heterocycles. The maximum atomic E-state index is 12.3. The zero-order valence-electron chi connectivity index (χ0n) is 12.2. The van der Waals surface area contributed by atoms with Crippen LogP contribution in [0.3, 0.4) is 0 Å². The third-order valence-corrected chi connectivity index (χ3v) is 4.35. The fraction of sp³-hybridized carbons (Fsp3) is 0.500. The van der Waals surface area contributed by atoms with Crippen molar-refractivity contribution in [3.05, 3.63) is 29.8 Å². The minimum Gasteiger partial charge on any atom is -0.497 e. The van der Waals surface area contributed by atoms with E-state index >= 15 is 0 Å². The van der Waals surface area contributed by atoms with Gasteiger partial charge in [0.15, 0.2) is 0 Å². The summed E-state index contributed by atoms with van der Waals surface area (Å²) in [7, 11) is 1.56. The van der Waals surface area contributed by atoms with Gasteiger partial charge in [-0.2, -0.15) is 0 Å². The Morgan fingerprint density at radius 3 is 3.00 bits per heavy atom. The molecule has 0 aliphatic carbocycles. The van der Waals surface area contributed by atoms with Crippen LogP contribution in [0.1, 0.15) is 36.0 Å². The second kappa shape index (κ2) is 5.76. The van der Waals surface area contributed by atoms with Crippen LogP contribution in [0.4, 0.5) is 0 Å². The quantitative estimate of drug-likeness (QED) is 0.918. The van der Waals surface area contributed by atoms with Crippen molar-refractivity contribution in [2.24, 2.45) is 0 Å². The van der Waals surface area contributed by atoms with Gasteiger partial charge in [-0.3, -0.25) is 9.59 Å². The normalized spacial score (nSPS) is 24.6. The average molecular weight is 288 g/mol. The van der Waals surface area contributed by atoms with E-state index in [2.05, 4.69) is 5.32 Å². The second-order valence-electron chi connectivity index (χ2n) is 5.67. The van der Waals surface area contributed by atoms with Crippen molar-refractivity contribution in [3.8, 4) is 5.75 Å². The van der Waals surface area contributed by atoms with Crippen LogP contribution >= 0.6 is 0 Å². The lowest BCUT2D eigenvalue weighted by Gasteiger charge is -2.28. The minimum atomic E-state index is -0.383. The number of hydrogen-bond acceptors (Lipinski definition) is 3. The molecule has 21 heavy (non-hydrogen) atoms. The van der Waals surface area contributed by atoms with Gasteiger partial charge in [-0.15, -0.1) is 0 Å². The molecule has 5 heteroatoms. The number of carbonyl (C=O) groups excluding carboxylic acids is 2. The Morgan fingerprint density at radius 1 is 1.38 bits per heavy atom. The highest BCUT2D eigenvalue weighted by Crippen LogP contribution is 2.28. The summed E-state index contributed by atoms with van der Waals surface area (Å²) in [4.78, 5) is 26.5. The summed E-state index contributed by atoms with van der Waals surface area (Å²) in [5.74, 6) is 0.487. The van der Waals surface area contributed by atoms with E-state index in [0.717, 1.165) is 25.8 Å². The molecule has 1 aromatic carbocycles. The van der Waals surface area contributed by atoms with E-state index in [0.29, 0.717) is 17.4 Å². The highest BCUT2D eigenvalue weighted by Gasteiger charge is 2.41. The number of nitrogens with zero attached hydrogens (tertiary/aromatic N) is 1. The number of carbonyl (C=O) groups is 2. The molecular formula is C16H20N2O3. The molecule has 0 radical (unpaired) electrons. The molecule has 2 saturated heterocycles. The van der Waals surface area contributed by atoms with Crippen molar-refractivity contribution < 1.29 is 14.3 Å². The van der Waals surface area contributed by atoms with E-state index in [1.807, 2.05) is 4.90 Å². The van der Waals surface area contributed by atoms with Gasteiger partial charge in [0, 0.05) is 18.2 Å². The monoisotopic (exact) mass is 288 g/mol. The van der Waals surface area contributed by atoms with Gasteiger partial charge in [0.25, 0.3) is 5.91 Å². The average Bonchev–Trinajstić information content (AvgIpc) is 2.84. The van der Waals surface area contributed by atoms with E-state index < -0.39 is 0 Å². The highest BCUT2D eigenvalue weighted by molar-refractivity contribution is 5.98. The summed E-state index contributed by atoms with van der Waals surface area (Å²) in [5.41, 5.74) is 0.520. The molecule has 112 valence electrons. The predicted octanol–water partition coefficient (Wildman–Crippen LogP) is 1.58. The molecule has 2 amide bonds. The van der Waals surface area contributed by atoms with Crippen molar-refractivity contribution >= 4 is 11.8 Å². The van der Waals surface area contributed by atoms with Crippen molar-refractivity contribution in [2.75, 3.05) is 13.7 Å². The molecule has 2 aliphatic rings. The number of piperidine rings is 1. The van der Waals surface area contributed by atoms with Crippen LogP contribution in [-0.2, 0) is 4.79 Å². The van der Waals surface area contributed by atoms with E-state index in [4.69, 9.17) is 4.74 Å². The molecule has 2 fully saturated rings. The minimum absolute atomic E-state index is 0.0657. The van der Waals surface area contributed by atoms with E-state index in [1.54, 1.807) is 31.4 Å². The number of rotatable bonds is 3. The van der Waals surface area contributed by atoms with Gasteiger partial charge in [-0.1, -0.05) is 6.07 Å². The zero-order chi connectivity index (χ0) is 14.8. The molecule has 1 N–H and O–H groups in total. The third kappa shape index (κ3) is 2.73. The van der Waals surface area contributed by atoms with Gasteiger partial charge in [0.05, 0.1) is 7.11 Å². The first-order valence-corrected chi connectivity index (χ1v) is 7.44. The fourth-order valence-corrected chi connectivity index (χ4v) is 3.24. The Bertz CT molecular complexity index is 558. The summed E-state index contributed by atoms with van der Waals surface area (Å²) in [6.07, 6.45) is 4.02. The number of methoxy groups -OCH3 is 1. The molecule has 0 aromatic heterocycles. The van der Waals surface area contributed by atoms with Crippen LogP contribution in [0.15, 0.2) is 24.3 Å². The Balaban J connectivity index is 1.68. The maximum absolute atomic E-state index is 12.3. The molecule has 0 unspecified atom stereocenters. The number of benzene rings is 1. The van der Waals surface area contributed by atoms with Crippen LogP contribution < -0.4 is 10.1 Å². The summed E-state index contributed by atoms with van der Waals surface area (Å²) >= 11 is 0. The predicted molar refractivity (Wildman–Crippen MR) is 78.2 cm³/mol. The van der Waals surface area contributed by atoms with Gasteiger partial charge in [0.2, 0.25) is 5.91 Å². The summed E-state index contributed by atoms with van der Waals surface area (Å²) in [6, 6.07) is 6.89. The lowest BCUT2D eigenvalue weighted by molar-refractivity contribution is -0.131. The Kier molecular flexibility index (Phi) is 3.82. The molecule has 5 nitrogen and oxygen atoms in total. The lowest BCUT2D eigenvalue weighted by atomic mass is 10.0. The van der Waals surface area contributed by atoms with Gasteiger partial charge < -0.3 is 15.0 Å². The highest BCUT2D eigenvalue weighted by atomic mass is 16.5. The van der Waals surface area contributed by atoms with Crippen molar-refractivity contribution in [1.82, 2.24) is 10.2 Å². The van der Waals surface area contributed by atoms with E-state index in [9.17, 15) is 9.59 Å². The van der Waals surface area contributed by atoms with Gasteiger partial charge in [-0.25, -0.2) is 0 Å². The van der Waals surface area contributed by atoms with Crippen LogP contribution in [0.25, 0.3) is 0 Å². The molecule has 0 saturated carbocycles. The molecule has 0 bridgehead atoms. The second-order valence-corrected chi connectivity index (χ2v) is 5.67. The van der Waals surface area contributed by atoms with Crippen LogP contribution in [0.2, 0.25) is 0 Å². The van der Waals surface area contributed by atoms with Crippen molar-refractivity contribution in [3.63, 3.8) is 0 Å². The van der Waals surface area contributed by atoms with Gasteiger partial charge >= 0.3 is 0 Å². The van der Waals surface area contributed by atoms with Crippen molar-refractivity contribution in [1.29, 1.82) is 0 Å². The molecule has 3 rings (SSSR count). The van der Waals surface area contributed by atoms with Gasteiger partial charge in [-0.05, 0) is 43.9 Å². The van der Waals surface area contributed by atoms with E-state index in [1.165, 1.54) is 6.42 Å². The number of fused-ring (bicyclic) bond motifs is 1. The molecule has 0 spiro atoms. The first-order chi connectivity index (χ1) is 10.2. The van der Waals surface area contributed by atoms with Crippen molar-refractivity contribution in [2.45, 2.75) is 37.8 Å². The molecular weight excluding hydrogens is 268 g/mol. The number of nitrogens with one attached hydrogen (secondary N) is 1. The van der Waals surface area contributed by atoms with Gasteiger partial charge in [0.1, 0.15) is 11.8 Å². The first-order valence-electron chi connectivity index (χ1n) is 7.44. The number of amides is 2. The van der Waals surface area contributed by atoms with Crippen LogP contribution in [0.5, 0.6) is 5.75 Å². The molecule has 2 aliphatic heterocycles. The zero-order valence-corrected chi connectivity index (χ0v) is 12.2. The SMILES string of the molecule is COc1cccc(C(=O)N[C@@H]2C[C@@H]3CCCCN3C2=O)c1. The summed E-state index contributed by atoms with van der Waals surface area (Å²) in [6.45, 7) is 0.828. The lowest BCUT2D eigenvalue weighted by Crippen LogP contribution is -2.43. The standard InChI is InChI=1S/C16H20N2O3/c1-21-13-7-4-5-11(9-13)15(19)17-14-10-12-6-2-3-8-18(12)16(14)20/h4-5,7,9,12,14H,2-3,6,8,10H2,1H3,(H,17,19)/t12-,14+/m0/s1. The maximum Gasteiger partial charge on any atom is 0.252 e. The smallest absolute Gasteiger partial charge is 0.252 e. The fourth-order valence-electron chi connectivity index (χ4n) is 3.24. The van der Waals surface area contributed by atoms with Crippen LogP contribution in [0, 0.1) is 0 Å². The Morgan fingerprint density at radius 2 is 2.24 bits per heavy atom. The molecule has 1 aromatic rings. The Labute approximate surface area is 124 Å². The Hall–Kier alpha value is -2.04. The van der Waals surface area contributed by atoms with Crippen LogP contribution in [-0.4, -0.2) is 42.5 Å².